The second-order valence-electron chi connectivity index (χ2n) is 6.55. The van der Waals surface area contributed by atoms with Crippen molar-refractivity contribution in [1.82, 2.24) is 20.3 Å². The van der Waals surface area contributed by atoms with Crippen LogP contribution in [0.3, 0.4) is 0 Å². The molecule has 0 aliphatic carbocycles. The highest BCUT2D eigenvalue weighted by molar-refractivity contribution is 5.94. The summed E-state index contributed by atoms with van der Waals surface area (Å²) >= 11 is 0. The van der Waals surface area contributed by atoms with E-state index in [1.54, 1.807) is 6.07 Å². The Labute approximate surface area is 152 Å². The summed E-state index contributed by atoms with van der Waals surface area (Å²) in [5.41, 5.74) is 2.12. The SMILES string of the molecule is Cc1cc(N2CCCC2)nc(CNC(=O)c2ccc3ccccc3n2)n1. The molecule has 132 valence electrons. The van der Waals surface area contributed by atoms with Crippen molar-refractivity contribution in [1.29, 1.82) is 0 Å². The first-order chi connectivity index (χ1) is 12.7. The number of nitrogens with one attached hydrogen (secondary N) is 1. The molecule has 1 N–H and O–H groups in total. The van der Waals surface area contributed by atoms with Gasteiger partial charge in [-0.05, 0) is 31.9 Å². The molecule has 1 saturated heterocycles. The molecule has 1 aromatic carbocycles. The summed E-state index contributed by atoms with van der Waals surface area (Å²) in [7, 11) is 0. The summed E-state index contributed by atoms with van der Waals surface area (Å²) in [5, 5.41) is 3.90. The van der Waals surface area contributed by atoms with Gasteiger partial charge in [0, 0.05) is 30.2 Å². The second kappa shape index (κ2) is 7.07. The number of amides is 1. The number of hydrogen-bond donors (Lipinski definition) is 1. The van der Waals surface area contributed by atoms with Crippen LogP contribution in [-0.2, 0) is 6.54 Å². The molecule has 0 radical (unpaired) electrons. The molecule has 2 aromatic heterocycles. The van der Waals surface area contributed by atoms with Crippen molar-refractivity contribution in [3.63, 3.8) is 0 Å². The number of rotatable bonds is 4. The number of anilines is 1. The number of benzene rings is 1. The van der Waals surface area contributed by atoms with Gasteiger partial charge >= 0.3 is 0 Å². The lowest BCUT2D eigenvalue weighted by molar-refractivity contribution is 0.0945. The number of aryl methyl sites for hydroxylation is 1. The van der Waals surface area contributed by atoms with E-state index in [0.717, 1.165) is 35.5 Å². The Morgan fingerprint density at radius 2 is 1.88 bits per heavy atom. The number of hydrogen-bond acceptors (Lipinski definition) is 5. The lowest BCUT2D eigenvalue weighted by Crippen LogP contribution is -2.26. The van der Waals surface area contributed by atoms with Gasteiger partial charge in [0.25, 0.3) is 5.91 Å². The van der Waals surface area contributed by atoms with Crippen LogP contribution < -0.4 is 10.2 Å². The molecule has 3 heterocycles. The third-order valence-electron chi connectivity index (χ3n) is 4.56. The molecule has 0 bridgehead atoms. The van der Waals surface area contributed by atoms with E-state index in [1.807, 2.05) is 43.3 Å². The maximum absolute atomic E-state index is 12.4. The van der Waals surface area contributed by atoms with Crippen LogP contribution in [0.25, 0.3) is 10.9 Å². The number of aromatic nitrogens is 3. The van der Waals surface area contributed by atoms with Gasteiger partial charge in [0.05, 0.1) is 12.1 Å². The van der Waals surface area contributed by atoms with Crippen molar-refractivity contribution < 1.29 is 4.79 Å². The standard InChI is InChI=1S/C20H21N5O/c1-14-12-19(25-10-4-5-11-25)24-18(22-14)13-21-20(26)17-9-8-15-6-2-3-7-16(15)23-17/h2-3,6-9,12H,4-5,10-11,13H2,1H3,(H,21,26). The Hall–Kier alpha value is -3.02. The van der Waals surface area contributed by atoms with E-state index in [2.05, 4.69) is 25.2 Å². The molecule has 0 unspecified atom stereocenters. The molecule has 3 aromatic rings. The number of nitrogens with zero attached hydrogens (tertiary/aromatic N) is 4. The van der Waals surface area contributed by atoms with Crippen molar-refractivity contribution in [3.05, 3.63) is 59.7 Å². The molecule has 0 spiro atoms. The monoisotopic (exact) mass is 347 g/mol. The third-order valence-corrected chi connectivity index (χ3v) is 4.56. The highest BCUT2D eigenvalue weighted by atomic mass is 16.1. The molecule has 4 rings (SSSR count). The summed E-state index contributed by atoms with van der Waals surface area (Å²) in [6, 6.07) is 13.4. The maximum atomic E-state index is 12.4. The fourth-order valence-corrected chi connectivity index (χ4v) is 3.24. The average Bonchev–Trinajstić information content (AvgIpc) is 3.20. The normalized spacial score (nSPS) is 14.0. The van der Waals surface area contributed by atoms with Gasteiger partial charge in [-0.1, -0.05) is 24.3 Å². The van der Waals surface area contributed by atoms with Gasteiger partial charge < -0.3 is 10.2 Å². The van der Waals surface area contributed by atoms with Crippen LogP contribution in [0, 0.1) is 6.92 Å². The van der Waals surface area contributed by atoms with Crippen LogP contribution in [0.1, 0.15) is 34.8 Å². The van der Waals surface area contributed by atoms with E-state index in [4.69, 9.17) is 0 Å². The highest BCUT2D eigenvalue weighted by Gasteiger charge is 2.15. The Morgan fingerprint density at radius 3 is 2.73 bits per heavy atom. The van der Waals surface area contributed by atoms with Crippen LogP contribution in [0.15, 0.2) is 42.5 Å². The maximum Gasteiger partial charge on any atom is 0.270 e. The van der Waals surface area contributed by atoms with Crippen LogP contribution in [-0.4, -0.2) is 33.9 Å². The molecule has 1 amide bonds. The molecule has 1 fully saturated rings. The van der Waals surface area contributed by atoms with Gasteiger partial charge in [-0.2, -0.15) is 0 Å². The Kier molecular flexibility index (Phi) is 4.48. The number of fused-ring (bicyclic) bond motifs is 1. The van der Waals surface area contributed by atoms with E-state index in [9.17, 15) is 4.79 Å². The fourth-order valence-electron chi connectivity index (χ4n) is 3.24. The number of pyridine rings is 1. The zero-order valence-electron chi connectivity index (χ0n) is 14.8. The highest BCUT2D eigenvalue weighted by Crippen LogP contribution is 2.18. The van der Waals surface area contributed by atoms with Crippen molar-refractivity contribution in [2.24, 2.45) is 0 Å². The Bertz CT molecular complexity index is 950. The lowest BCUT2D eigenvalue weighted by Gasteiger charge is -2.17. The summed E-state index contributed by atoms with van der Waals surface area (Å²) < 4.78 is 0. The molecule has 1 aliphatic heterocycles. The van der Waals surface area contributed by atoms with Gasteiger partial charge in [0.1, 0.15) is 17.3 Å². The summed E-state index contributed by atoms with van der Waals surface area (Å²) in [6.07, 6.45) is 2.39. The molecule has 0 saturated carbocycles. The minimum Gasteiger partial charge on any atom is -0.357 e. The van der Waals surface area contributed by atoms with E-state index >= 15 is 0 Å². The van der Waals surface area contributed by atoms with E-state index in [-0.39, 0.29) is 12.5 Å². The third kappa shape index (κ3) is 3.49. The topological polar surface area (TPSA) is 71.0 Å². The largest absolute Gasteiger partial charge is 0.357 e. The van der Waals surface area contributed by atoms with Gasteiger partial charge in [-0.3, -0.25) is 4.79 Å². The molecular weight excluding hydrogens is 326 g/mol. The smallest absolute Gasteiger partial charge is 0.270 e. The van der Waals surface area contributed by atoms with Crippen LogP contribution in [0.2, 0.25) is 0 Å². The van der Waals surface area contributed by atoms with Crippen molar-refractivity contribution in [3.8, 4) is 0 Å². The molecule has 26 heavy (non-hydrogen) atoms. The number of carbonyl (C=O) groups excluding carboxylic acids is 1. The minimum atomic E-state index is -0.219. The van der Waals surface area contributed by atoms with Crippen molar-refractivity contribution in [2.75, 3.05) is 18.0 Å². The predicted molar refractivity (Wildman–Crippen MR) is 101 cm³/mol. The zero-order chi connectivity index (χ0) is 17.9. The zero-order valence-corrected chi connectivity index (χ0v) is 14.8. The molecule has 0 atom stereocenters. The fraction of sp³-hybridized carbons (Fsp3) is 0.300. The van der Waals surface area contributed by atoms with E-state index < -0.39 is 0 Å². The van der Waals surface area contributed by atoms with Gasteiger partial charge in [0.2, 0.25) is 0 Å². The first-order valence-electron chi connectivity index (χ1n) is 8.92. The van der Waals surface area contributed by atoms with Gasteiger partial charge in [-0.25, -0.2) is 15.0 Å². The first kappa shape index (κ1) is 16.4. The van der Waals surface area contributed by atoms with Crippen molar-refractivity contribution in [2.45, 2.75) is 26.3 Å². The predicted octanol–water partition coefficient (Wildman–Crippen LogP) is 2.86. The Morgan fingerprint density at radius 1 is 1.08 bits per heavy atom. The first-order valence-corrected chi connectivity index (χ1v) is 8.92. The van der Waals surface area contributed by atoms with Gasteiger partial charge in [0.15, 0.2) is 0 Å². The molecule has 6 heteroatoms. The molecular formula is C20H21N5O. The molecule has 6 nitrogen and oxygen atoms in total. The summed E-state index contributed by atoms with van der Waals surface area (Å²) in [4.78, 5) is 28.2. The van der Waals surface area contributed by atoms with E-state index in [1.165, 1.54) is 12.8 Å². The van der Waals surface area contributed by atoms with E-state index in [0.29, 0.717) is 11.5 Å². The summed E-state index contributed by atoms with van der Waals surface area (Å²) in [6.45, 7) is 4.31. The van der Waals surface area contributed by atoms with Crippen LogP contribution in [0.4, 0.5) is 5.82 Å². The average molecular weight is 347 g/mol. The van der Waals surface area contributed by atoms with Crippen LogP contribution in [0.5, 0.6) is 0 Å². The number of para-hydroxylation sites is 1. The van der Waals surface area contributed by atoms with Gasteiger partial charge in [-0.15, -0.1) is 0 Å². The lowest BCUT2D eigenvalue weighted by atomic mass is 10.2. The molecule has 1 aliphatic rings. The second-order valence-corrected chi connectivity index (χ2v) is 6.55. The minimum absolute atomic E-state index is 0.219. The summed E-state index contributed by atoms with van der Waals surface area (Å²) in [5.74, 6) is 1.35. The Balaban J connectivity index is 1.48. The quantitative estimate of drug-likeness (QED) is 0.786. The van der Waals surface area contributed by atoms with Crippen molar-refractivity contribution >= 4 is 22.6 Å². The van der Waals surface area contributed by atoms with Crippen LogP contribution >= 0.6 is 0 Å². The number of carbonyl (C=O) groups is 1.